The third kappa shape index (κ3) is 4.93. The zero-order valence-corrected chi connectivity index (χ0v) is 25.0. The van der Waals surface area contributed by atoms with E-state index in [4.69, 9.17) is 0 Å². The first-order chi connectivity index (χ1) is 20.6. The van der Waals surface area contributed by atoms with Gasteiger partial charge in [0.1, 0.15) is 22.8 Å². The molecule has 2 aromatic carbocycles. The second-order valence-corrected chi connectivity index (χ2v) is 14.4. The zero-order chi connectivity index (χ0) is 29.9. The number of carbonyl (C=O) groups excluding carboxylic acids is 2. The number of piperidine rings is 1. The molecule has 1 saturated carbocycles. The molecular formula is C30H29FN6O4S2. The van der Waals surface area contributed by atoms with Gasteiger partial charge in [-0.1, -0.05) is 18.2 Å². The molecule has 0 unspecified atom stereocenters. The molecule has 10 nitrogen and oxygen atoms in total. The van der Waals surface area contributed by atoms with Crippen LogP contribution in [0.1, 0.15) is 57.5 Å². The van der Waals surface area contributed by atoms with Gasteiger partial charge in [-0.15, -0.1) is 11.8 Å². The Bertz CT molecular complexity index is 1900. The highest BCUT2D eigenvalue weighted by Gasteiger charge is 2.43. The summed E-state index contributed by atoms with van der Waals surface area (Å²) in [5.74, 6) is -0.247. The molecule has 2 fully saturated rings. The van der Waals surface area contributed by atoms with E-state index in [1.807, 2.05) is 16.7 Å². The predicted molar refractivity (Wildman–Crippen MR) is 161 cm³/mol. The van der Waals surface area contributed by atoms with Crippen molar-refractivity contribution in [3.63, 3.8) is 0 Å². The minimum atomic E-state index is -3.79. The number of aromatic nitrogens is 3. The number of carbonyl (C=O) groups is 2. The Morgan fingerprint density at radius 3 is 2.58 bits per heavy atom. The largest absolute Gasteiger partial charge is 0.339 e. The SMILES string of the molecule is Cc1cc(F)ccc1Nc1c(C(=O)N2CCC3(CC2)CSc2ccccc23)cnc2c(C(=O)NS(=O)(=O)C3CC3)cnn12. The van der Waals surface area contributed by atoms with Crippen LogP contribution in [-0.2, 0) is 15.4 Å². The van der Waals surface area contributed by atoms with Gasteiger partial charge in [0.2, 0.25) is 10.0 Å². The van der Waals surface area contributed by atoms with E-state index in [0.29, 0.717) is 37.2 Å². The molecule has 1 spiro atoms. The van der Waals surface area contributed by atoms with Gasteiger partial charge >= 0.3 is 0 Å². The summed E-state index contributed by atoms with van der Waals surface area (Å²) in [6, 6.07) is 12.7. The summed E-state index contributed by atoms with van der Waals surface area (Å²) in [5.41, 5.74) is 2.81. The lowest BCUT2D eigenvalue weighted by Gasteiger charge is -2.39. The molecule has 1 aliphatic carbocycles. The van der Waals surface area contributed by atoms with Gasteiger partial charge in [0.05, 0.1) is 11.4 Å². The van der Waals surface area contributed by atoms with E-state index in [-0.39, 0.29) is 33.9 Å². The Hall–Kier alpha value is -3.97. The van der Waals surface area contributed by atoms with Gasteiger partial charge in [-0.25, -0.2) is 22.5 Å². The van der Waals surface area contributed by atoms with Gasteiger partial charge in [0.15, 0.2) is 5.65 Å². The van der Waals surface area contributed by atoms with E-state index in [1.165, 1.54) is 39.5 Å². The molecule has 4 aromatic rings. The number of nitrogens with one attached hydrogen (secondary N) is 2. The molecule has 1 saturated heterocycles. The minimum Gasteiger partial charge on any atom is -0.339 e. The van der Waals surface area contributed by atoms with Gasteiger partial charge in [-0.2, -0.15) is 9.61 Å². The Balaban J connectivity index is 1.22. The van der Waals surface area contributed by atoms with Gasteiger partial charge in [0, 0.05) is 41.0 Å². The average molecular weight is 621 g/mol. The van der Waals surface area contributed by atoms with Gasteiger partial charge in [-0.3, -0.25) is 9.59 Å². The number of benzene rings is 2. The number of hydrogen-bond acceptors (Lipinski definition) is 8. The van der Waals surface area contributed by atoms with Crippen molar-refractivity contribution in [3.8, 4) is 0 Å². The normalized spacial score (nSPS) is 17.7. The zero-order valence-electron chi connectivity index (χ0n) is 23.3. The van der Waals surface area contributed by atoms with Crippen LogP contribution < -0.4 is 10.0 Å². The van der Waals surface area contributed by atoms with Gasteiger partial charge in [0.25, 0.3) is 11.8 Å². The van der Waals surface area contributed by atoms with E-state index < -0.39 is 27.0 Å². The highest BCUT2D eigenvalue weighted by Crippen LogP contribution is 2.49. The lowest BCUT2D eigenvalue weighted by Crippen LogP contribution is -2.45. The predicted octanol–water partition coefficient (Wildman–Crippen LogP) is 4.42. The number of anilines is 2. The number of hydrogen-bond donors (Lipinski definition) is 2. The molecular weight excluding hydrogens is 592 g/mol. The first-order valence-corrected chi connectivity index (χ1v) is 16.7. The smallest absolute Gasteiger partial charge is 0.270 e. The fourth-order valence-electron chi connectivity index (χ4n) is 5.95. The van der Waals surface area contributed by atoms with Crippen LogP contribution in [0.4, 0.5) is 15.9 Å². The van der Waals surface area contributed by atoms with E-state index in [0.717, 1.165) is 18.6 Å². The molecule has 13 heteroatoms. The summed E-state index contributed by atoms with van der Waals surface area (Å²) in [4.78, 5) is 34.5. The third-order valence-corrected chi connectivity index (χ3v) is 11.8. The van der Waals surface area contributed by atoms with Crippen molar-refractivity contribution in [3.05, 3.63) is 82.9 Å². The fourth-order valence-corrected chi connectivity index (χ4v) is 8.74. The van der Waals surface area contributed by atoms with Crippen LogP contribution in [-0.4, -0.2) is 63.8 Å². The van der Waals surface area contributed by atoms with E-state index >= 15 is 0 Å². The van der Waals surface area contributed by atoms with Crippen molar-refractivity contribution in [1.82, 2.24) is 24.2 Å². The maximum atomic E-state index is 14.0. The molecule has 0 radical (unpaired) electrons. The lowest BCUT2D eigenvalue weighted by atomic mass is 9.74. The van der Waals surface area contributed by atoms with Crippen molar-refractivity contribution in [1.29, 1.82) is 0 Å². The number of rotatable bonds is 6. The van der Waals surface area contributed by atoms with Crippen LogP contribution in [0.25, 0.3) is 5.65 Å². The molecule has 0 atom stereocenters. The number of halogens is 1. The second kappa shape index (κ2) is 10.3. The Labute approximate surface area is 252 Å². The first-order valence-electron chi connectivity index (χ1n) is 14.1. The monoisotopic (exact) mass is 620 g/mol. The number of fused-ring (bicyclic) bond motifs is 3. The number of sulfonamides is 1. The lowest BCUT2D eigenvalue weighted by molar-refractivity contribution is 0.0679. The number of nitrogens with zero attached hydrogens (tertiary/aromatic N) is 4. The summed E-state index contributed by atoms with van der Waals surface area (Å²) in [7, 11) is -3.79. The van der Waals surface area contributed by atoms with E-state index in [9.17, 15) is 22.4 Å². The fraction of sp³-hybridized carbons (Fsp3) is 0.333. The molecule has 7 rings (SSSR count). The van der Waals surface area contributed by atoms with Crippen LogP contribution in [0, 0.1) is 12.7 Å². The van der Waals surface area contributed by atoms with Crippen LogP contribution >= 0.6 is 11.8 Å². The summed E-state index contributed by atoms with van der Waals surface area (Å²) < 4.78 is 42.2. The number of thioether (sulfide) groups is 1. The van der Waals surface area contributed by atoms with Gasteiger partial charge in [-0.05, 0) is 68.0 Å². The van der Waals surface area contributed by atoms with Gasteiger partial charge < -0.3 is 10.2 Å². The van der Waals surface area contributed by atoms with Crippen molar-refractivity contribution >= 4 is 50.8 Å². The topological polar surface area (TPSA) is 126 Å². The molecule has 2 aromatic heterocycles. The standard InChI is InChI=1S/C30H29FN6O4S2/c1-18-14-19(31)6-9-24(18)34-27-22(15-32-26-21(16-33-37(26)27)28(38)35-43(40,41)20-7-8-20)29(39)36-12-10-30(11-13-36)17-42-25-5-3-2-4-23(25)30/h2-6,9,14-16,20,34H,7-8,10-13,17H2,1H3,(H,35,38). The summed E-state index contributed by atoms with van der Waals surface area (Å²) in [6.07, 6.45) is 5.30. The quantitative estimate of drug-likeness (QED) is 0.325. The number of aryl methyl sites for hydroxylation is 1. The molecule has 2 amide bonds. The molecule has 3 aliphatic rings. The van der Waals surface area contributed by atoms with Crippen molar-refractivity contribution in [2.45, 2.75) is 48.2 Å². The Morgan fingerprint density at radius 2 is 1.84 bits per heavy atom. The number of amides is 2. The Morgan fingerprint density at radius 1 is 1.07 bits per heavy atom. The third-order valence-electron chi connectivity index (χ3n) is 8.61. The highest BCUT2D eigenvalue weighted by atomic mass is 32.2. The molecule has 0 bridgehead atoms. The summed E-state index contributed by atoms with van der Waals surface area (Å²) in [6.45, 7) is 2.86. The second-order valence-electron chi connectivity index (χ2n) is 11.4. The molecule has 222 valence electrons. The van der Waals surface area contributed by atoms with Crippen LogP contribution in [0.2, 0.25) is 0 Å². The Kier molecular flexibility index (Phi) is 6.69. The van der Waals surface area contributed by atoms with Crippen LogP contribution in [0.15, 0.2) is 59.8 Å². The van der Waals surface area contributed by atoms with Crippen LogP contribution in [0.3, 0.4) is 0 Å². The number of likely N-dealkylation sites (tertiary alicyclic amines) is 1. The first kappa shape index (κ1) is 27.8. The molecule has 2 N–H and O–H groups in total. The maximum absolute atomic E-state index is 14.0. The summed E-state index contributed by atoms with van der Waals surface area (Å²) in [5, 5.41) is 6.97. The van der Waals surface area contributed by atoms with Crippen LogP contribution in [0.5, 0.6) is 0 Å². The maximum Gasteiger partial charge on any atom is 0.270 e. The van der Waals surface area contributed by atoms with E-state index in [1.54, 1.807) is 13.0 Å². The van der Waals surface area contributed by atoms with Crippen molar-refractivity contribution in [2.75, 3.05) is 24.2 Å². The average Bonchev–Trinajstić information content (AvgIpc) is 3.69. The molecule has 43 heavy (non-hydrogen) atoms. The molecule has 2 aliphatic heterocycles. The van der Waals surface area contributed by atoms with Crippen molar-refractivity contribution in [2.24, 2.45) is 0 Å². The van der Waals surface area contributed by atoms with Crippen molar-refractivity contribution < 1.29 is 22.4 Å². The molecule has 4 heterocycles. The summed E-state index contributed by atoms with van der Waals surface area (Å²) >= 11 is 1.87. The minimum absolute atomic E-state index is 0.0393. The highest BCUT2D eigenvalue weighted by molar-refractivity contribution is 7.99. The van der Waals surface area contributed by atoms with E-state index in [2.05, 4.69) is 44.4 Å².